The van der Waals surface area contributed by atoms with Crippen LogP contribution in [-0.4, -0.2) is 48.1 Å². The van der Waals surface area contributed by atoms with E-state index in [1.807, 2.05) is 48.5 Å². The molecule has 6 heteroatoms. The van der Waals surface area contributed by atoms with Gasteiger partial charge in [0.1, 0.15) is 11.3 Å². The third-order valence-corrected chi connectivity index (χ3v) is 6.08. The molecule has 0 aliphatic carbocycles. The van der Waals surface area contributed by atoms with E-state index in [2.05, 4.69) is 17.0 Å². The minimum absolute atomic E-state index is 0.0205. The first-order valence-electron chi connectivity index (χ1n) is 11.4. The van der Waals surface area contributed by atoms with Crippen LogP contribution in [-0.2, 0) is 16.0 Å². The number of rotatable bonds is 9. The van der Waals surface area contributed by atoms with E-state index in [1.165, 1.54) is 30.9 Å². The van der Waals surface area contributed by atoms with Gasteiger partial charge >= 0.3 is 5.97 Å². The lowest BCUT2D eigenvalue weighted by atomic mass is 10.0. The van der Waals surface area contributed by atoms with Crippen LogP contribution in [0.4, 0.5) is 0 Å². The van der Waals surface area contributed by atoms with Crippen molar-refractivity contribution in [3.8, 4) is 5.75 Å². The summed E-state index contributed by atoms with van der Waals surface area (Å²) in [7, 11) is 1.24. The molecule has 1 aliphatic rings. The molecule has 0 radical (unpaired) electrons. The van der Waals surface area contributed by atoms with E-state index >= 15 is 0 Å². The van der Waals surface area contributed by atoms with Gasteiger partial charge in [0.15, 0.2) is 5.78 Å². The molecular formula is C28H29NO5. The number of nitrogens with zero attached hydrogens (tertiary/aromatic N) is 1. The SMILES string of the molecule is COC(=O)c1cc(C(=O)CN(Cc2ccccc2)CC2CCC(c3ccccc3)O2)ccc1O. The van der Waals surface area contributed by atoms with Crippen molar-refractivity contribution in [3.63, 3.8) is 0 Å². The minimum Gasteiger partial charge on any atom is -0.507 e. The monoisotopic (exact) mass is 459 g/mol. The summed E-state index contributed by atoms with van der Waals surface area (Å²) in [5, 5.41) is 9.96. The first-order chi connectivity index (χ1) is 16.5. The molecule has 1 N–H and O–H groups in total. The van der Waals surface area contributed by atoms with Gasteiger partial charge in [-0.05, 0) is 42.2 Å². The number of phenolic OH excluding ortho intramolecular Hbond substituents is 1. The van der Waals surface area contributed by atoms with Crippen LogP contribution < -0.4 is 0 Å². The maximum atomic E-state index is 13.2. The minimum atomic E-state index is -0.681. The number of ketones is 1. The number of phenols is 1. The lowest BCUT2D eigenvalue weighted by Gasteiger charge is -2.25. The number of carbonyl (C=O) groups excluding carboxylic acids is 2. The zero-order valence-electron chi connectivity index (χ0n) is 19.2. The zero-order chi connectivity index (χ0) is 23.9. The number of carbonyl (C=O) groups is 2. The number of hydrogen-bond donors (Lipinski definition) is 1. The zero-order valence-corrected chi connectivity index (χ0v) is 19.2. The molecular weight excluding hydrogens is 430 g/mol. The Bertz CT molecular complexity index is 1120. The molecule has 0 aromatic heterocycles. The van der Waals surface area contributed by atoms with Crippen molar-refractivity contribution in [2.75, 3.05) is 20.2 Å². The first-order valence-corrected chi connectivity index (χ1v) is 11.4. The highest BCUT2D eigenvalue weighted by molar-refractivity contribution is 6.01. The van der Waals surface area contributed by atoms with E-state index in [9.17, 15) is 14.7 Å². The van der Waals surface area contributed by atoms with Crippen molar-refractivity contribution < 1.29 is 24.2 Å². The van der Waals surface area contributed by atoms with Gasteiger partial charge in [-0.2, -0.15) is 0 Å². The third-order valence-electron chi connectivity index (χ3n) is 6.08. The molecule has 0 amide bonds. The molecule has 4 rings (SSSR count). The molecule has 176 valence electrons. The Kier molecular flexibility index (Phi) is 7.72. The van der Waals surface area contributed by atoms with Crippen LogP contribution in [0.1, 0.15) is 50.8 Å². The van der Waals surface area contributed by atoms with E-state index in [0.717, 1.165) is 18.4 Å². The molecule has 34 heavy (non-hydrogen) atoms. The van der Waals surface area contributed by atoms with Gasteiger partial charge in [0.25, 0.3) is 0 Å². The molecule has 0 saturated carbocycles. The lowest BCUT2D eigenvalue weighted by molar-refractivity contribution is 0.0209. The summed E-state index contributed by atoms with van der Waals surface area (Å²) in [6.45, 7) is 1.38. The Morgan fingerprint density at radius 2 is 1.71 bits per heavy atom. The lowest BCUT2D eigenvalue weighted by Crippen LogP contribution is -2.36. The normalized spacial score (nSPS) is 17.6. The van der Waals surface area contributed by atoms with Crippen molar-refractivity contribution in [1.29, 1.82) is 0 Å². The second-order valence-electron chi connectivity index (χ2n) is 8.54. The van der Waals surface area contributed by atoms with Crippen molar-refractivity contribution in [1.82, 2.24) is 4.90 Å². The predicted octanol–water partition coefficient (Wildman–Crippen LogP) is 4.78. The number of ether oxygens (including phenoxy) is 2. The second-order valence-corrected chi connectivity index (χ2v) is 8.54. The van der Waals surface area contributed by atoms with Crippen LogP contribution in [0.25, 0.3) is 0 Å². The third kappa shape index (κ3) is 5.90. The van der Waals surface area contributed by atoms with E-state index in [1.54, 1.807) is 0 Å². The summed E-state index contributed by atoms with van der Waals surface area (Å²) in [6.07, 6.45) is 1.96. The summed E-state index contributed by atoms with van der Waals surface area (Å²) in [4.78, 5) is 27.2. The Labute approximate surface area is 199 Å². The highest BCUT2D eigenvalue weighted by Crippen LogP contribution is 2.33. The fourth-order valence-electron chi connectivity index (χ4n) is 4.34. The molecule has 0 spiro atoms. The molecule has 0 bridgehead atoms. The Balaban J connectivity index is 1.48. The summed E-state index contributed by atoms with van der Waals surface area (Å²) < 4.78 is 11.0. The molecule has 3 aromatic rings. The van der Waals surface area contributed by atoms with E-state index in [0.29, 0.717) is 18.7 Å². The largest absolute Gasteiger partial charge is 0.507 e. The van der Waals surface area contributed by atoms with Gasteiger partial charge < -0.3 is 14.6 Å². The topological polar surface area (TPSA) is 76.1 Å². The average Bonchev–Trinajstić information content (AvgIpc) is 3.33. The Morgan fingerprint density at radius 1 is 1.00 bits per heavy atom. The molecule has 1 aliphatic heterocycles. The smallest absolute Gasteiger partial charge is 0.341 e. The molecule has 2 atom stereocenters. The second kappa shape index (κ2) is 11.1. The van der Waals surface area contributed by atoms with Crippen LogP contribution in [0, 0.1) is 0 Å². The van der Waals surface area contributed by atoms with Gasteiger partial charge in [0, 0.05) is 18.7 Å². The molecule has 6 nitrogen and oxygen atoms in total. The van der Waals surface area contributed by atoms with Crippen molar-refractivity contribution in [3.05, 3.63) is 101 Å². The number of benzene rings is 3. The molecule has 3 aromatic carbocycles. The van der Waals surface area contributed by atoms with Crippen molar-refractivity contribution in [2.45, 2.75) is 31.6 Å². The molecule has 1 fully saturated rings. The van der Waals surface area contributed by atoms with E-state index in [4.69, 9.17) is 9.47 Å². The first kappa shape index (κ1) is 23.7. The highest BCUT2D eigenvalue weighted by atomic mass is 16.5. The van der Waals surface area contributed by atoms with Crippen molar-refractivity contribution in [2.24, 2.45) is 0 Å². The number of aromatic hydroxyl groups is 1. The molecule has 1 heterocycles. The van der Waals surface area contributed by atoms with Crippen molar-refractivity contribution >= 4 is 11.8 Å². The summed E-state index contributed by atoms with van der Waals surface area (Å²) >= 11 is 0. The predicted molar refractivity (Wildman–Crippen MR) is 129 cm³/mol. The summed E-state index contributed by atoms with van der Waals surface area (Å²) in [6, 6.07) is 24.5. The number of Topliss-reactive ketones (excluding diaryl/α,β-unsaturated/α-hetero) is 1. The molecule has 1 saturated heterocycles. The fourth-order valence-corrected chi connectivity index (χ4v) is 4.34. The number of esters is 1. The average molecular weight is 460 g/mol. The maximum Gasteiger partial charge on any atom is 0.341 e. The van der Waals surface area contributed by atoms with E-state index < -0.39 is 5.97 Å². The Hall–Kier alpha value is -3.48. The summed E-state index contributed by atoms with van der Waals surface area (Å²) in [5.41, 5.74) is 2.61. The standard InChI is InChI=1S/C28H29NO5/c1-33-28(32)24-16-22(12-14-25(24)30)26(31)19-29(17-20-8-4-2-5-9-20)18-23-13-15-27(34-23)21-10-6-3-7-11-21/h2-12,14,16,23,27,30H,13,15,17-19H2,1H3. The van der Waals surface area contributed by atoms with E-state index in [-0.39, 0.29) is 35.8 Å². The van der Waals surface area contributed by atoms with Crippen LogP contribution in [0.2, 0.25) is 0 Å². The van der Waals surface area contributed by atoms with Gasteiger partial charge in [-0.3, -0.25) is 9.69 Å². The maximum absolute atomic E-state index is 13.2. The van der Waals surface area contributed by atoms with Crippen LogP contribution in [0.3, 0.4) is 0 Å². The van der Waals surface area contributed by atoms with Gasteiger partial charge in [0.05, 0.1) is 25.9 Å². The van der Waals surface area contributed by atoms with Gasteiger partial charge in [-0.25, -0.2) is 4.79 Å². The van der Waals surface area contributed by atoms with Gasteiger partial charge in [0.2, 0.25) is 0 Å². The summed E-state index contributed by atoms with van der Waals surface area (Å²) in [5.74, 6) is -1.03. The van der Waals surface area contributed by atoms with Crippen LogP contribution in [0.15, 0.2) is 78.9 Å². The van der Waals surface area contributed by atoms with Gasteiger partial charge in [-0.15, -0.1) is 0 Å². The number of methoxy groups -OCH3 is 1. The Morgan fingerprint density at radius 3 is 2.41 bits per heavy atom. The van der Waals surface area contributed by atoms with Crippen LogP contribution in [0.5, 0.6) is 5.75 Å². The highest BCUT2D eigenvalue weighted by Gasteiger charge is 2.29. The van der Waals surface area contributed by atoms with Gasteiger partial charge in [-0.1, -0.05) is 60.7 Å². The molecule has 2 unspecified atom stereocenters. The number of hydrogen-bond acceptors (Lipinski definition) is 6. The van der Waals surface area contributed by atoms with Crippen LogP contribution >= 0.6 is 0 Å². The fraction of sp³-hybridized carbons (Fsp3) is 0.286. The quantitative estimate of drug-likeness (QED) is 0.367.